The third-order valence-corrected chi connectivity index (χ3v) is 4.96. The normalized spacial score (nSPS) is 12.8. The summed E-state index contributed by atoms with van der Waals surface area (Å²) in [5, 5.41) is 18.2. The Bertz CT molecular complexity index is 292. The first-order chi connectivity index (χ1) is 11.2. The molecular weight excluding hydrogens is 308 g/mol. The van der Waals surface area contributed by atoms with Gasteiger partial charge in [-0.05, 0) is 50.0 Å². The van der Waals surface area contributed by atoms with E-state index < -0.39 is 5.97 Å². The lowest BCUT2D eigenvalue weighted by Crippen LogP contribution is -2.00. The molecule has 0 radical (unpaired) electrons. The average molecular weight is 345 g/mol. The predicted octanol–water partition coefficient (Wildman–Crippen LogP) is 5.42. The van der Waals surface area contributed by atoms with Gasteiger partial charge in [0.15, 0.2) is 0 Å². The second-order valence-electron chi connectivity index (χ2n) is 6.16. The van der Waals surface area contributed by atoms with E-state index in [0.29, 0.717) is 6.42 Å². The highest BCUT2D eigenvalue weighted by molar-refractivity contribution is 7.99. The van der Waals surface area contributed by atoms with E-state index in [1.807, 2.05) is 17.8 Å². The third-order valence-electron chi connectivity index (χ3n) is 3.80. The van der Waals surface area contributed by atoms with Crippen molar-refractivity contribution in [2.75, 3.05) is 11.5 Å². The number of thioether (sulfide) groups is 1. The van der Waals surface area contributed by atoms with Gasteiger partial charge < -0.3 is 10.2 Å². The Kier molecular flexibility index (Phi) is 17.5. The Morgan fingerprint density at radius 1 is 1.00 bits per heavy atom. The van der Waals surface area contributed by atoms with Crippen molar-refractivity contribution < 1.29 is 15.0 Å². The summed E-state index contributed by atoms with van der Waals surface area (Å²) in [5.41, 5.74) is 0. The number of aliphatic hydroxyl groups excluding tert-OH is 1. The number of carbonyl (C=O) groups is 1. The van der Waals surface area contributed by atoms with Crippen LogP contribution in [0.3, 0.4) is 0 Å². The highest BCUT2D eigenvalue weighted by atomic mass is 32.2. The Hall–Kier alpha value is -0.480. The molecule has 0 amide bonds. The van der Waals surface area contributed by atoms with Gasteiger partial charge in [0, 0.05) is 6.42 Å². The van der Waals surface area contributed by atoms with Crippen molar-refractivity contribution in [3.63, 3.8) is 0 Å². The van der Waals surface area contributed by atoms with E-state index in [9.17, 15) is 9.90 Å². The standard InChI is InChI=1S/C19H36O3S/c1-2-3-13-18(20)14-9-7-5-4-6-8-11-16-23-17-12-10-15-19(21)22/h9,14,18,20H,2-8,10-13,15-17H2,1H3,(H,21,22)/b14-9-/t18-/m1/s1. The SMILES string of the molecule is CCCC[C@@H](O)/C=C\CCCCCCCSCCCCC(=O)O. The Morgan fingerprint density at radius 2 is 1.65 bits per heavy atom. The molecule has 0 aliphatic rings. The van der Waals surface area contributed by atoms with Crippen LogP contribution in [0, 0.1) is 0 Å². The van der Waals surface area contributed by atoms with Crippen LogP contribution in [0.4, 0.5) is 0 Å². The van der Waals surface area contributed by atoms with Gasteiger partial charge in [0.2, 0.25) is 0 Å². The smallest absolute Gasteiger partial charge is 0.303 e. The molecule has 136 valence electrons. The highest BCUT2D eigenvalue weighted by Gasteiger charge is 1.98. The molecule has 4 heteroatoms. The van der Waals surface area contributed by atoms with E-state index in [1.165, 1.54) is 37.9 Å². The molecule has 23 heavy (non-hydrogen) atoms. The van der Waals surface area contributed by atoms with Gasteiger partial charge in [0.25, 0.3) is 0 Å². The zero-order valence-corrected chi connectivity index (χ0v) is 15.7. The van der Waals surface area contributed by atoms with Crippen LogP contribution in [0.25, 0.3) is 0 Å². The number of hydrogen-bond acceptors (Lipinski definition) is 3. The maximum absolute atomic E-state index is 10.4. The number of unbranched alkanes of at least 4 members (excludes halogenated alkanes) is 7. The zero-order chi connectivity index (χ0) is 17.2. The molecule has 0 unspecified atom stereocenters. The first kappa shape index (κ1) is 22.5. The molecule has 0 aromatic heterocycles. The third kappa shape index (κ3) is 19.5. The fourth-order valence-corrected chi connectivity index (χ4v) is 3.36. The Balaban J connectivity index is 3.16. The van der Waals surface area contributed by atoms with Gasteiger partial charge in [-0.3, -0.25) is 4.79 Å². The topological polar surface area (TPSA) is 57.5 Å². The maximum Gasteiger partial charge on any atom is 0.303 e. The molecule has 0 aromatic rings. The molecule has 0 fully saturated rings. The summed E-state index contributed by atoms with van der Waals surface area (Å²) < 4.78 is 0. The molecule has 0 spiro atoms. The van der Waals surface area contributed by atoms with Crippen LogP contribution in [0.5, 0.6) is 0 Å². The van der Waals surface area contributed by atoms with Gasteiger partial charge in [-0.2, -0.15) is 11.8 Å². The largest absolute Gasteiger partial charge is 0.481 e. The highest BCUT2D eigenvalue weighted by Crippen LogP contribution is 2.12. The number of aliphatic carboxylic acids is 1. The van der Waals surface area contributed by atoms with Crippen molar-refractivity contribution in [3.05, 3.63) is 12.2 Å². The van der Waals surface area contributed by atoms with Crippen molar-refractivity contribution in [1.82, 2.24) is 0 Å². The summed E-state index contributed by atoms with van der Waals surface area (Å²) in [5.74, 6) is 1.62. The van der Waals surface area contributed by atoms with E-state index in [0.717, 1.165) is 44.3 Å². The number of allylic oxidation sites excluding steroid dienone is 1. The van der Waals surface area contributed by atoms with Gasteiger partial charge in [0.1, 0.15) is 0 Å². The summed E-state index contributed by atoms with van der Waals surface area (Å²) in [6.07, 6.45) is 16.6. The molecule has 0 aliphatic carbocycles. The molecule has 0 saturated heterocycles. The van der Waals surface area contributed by atoms with Crippen molar-refractivity contribution >= 4 is 17.7 Å². The number of carboxylic acids is 1. The van der Waals surface area contributed by atoms with E-state index >= 15 is 0 Å². The van der Waals surface area contributed by atoms with Gasteiger partial charge in [-0.1, -0.05) is 51.2 Å². The summed E-state index contributed by atoms with van der Waals surface area (Å²) >= 11 is 1.95. The molecular formula is C19H36O3S. The van der Waals surface area contributed by atoms with Gasteiger partial charge in [-0.15, -0.1) is 0 Å². The summed E-state index contributed by atoms with van der Waals surface area (Å²) in [4.78, 5) is 10.4. The second kappa shape index (κ2) is 17.9. The van der Waals surface area contributed by atoms with Crippen molar-refractivity contribution in [1.29, 1.82) is 0 Å². The van der Waals surface area contributed by atoms with Gasteiger partial charge in [-0.25, -0.2) is 0 Å². The van der Waals surface area contributed by atoms with Crippen LogP contribution in [0.1, 0.15) is 84.0 Å². The number of carboxylic acid groups (broad SMARTS) is 1. The number of rotatable bonds is 17. The minimum atomic E-state index is -0.680. The van der Waals surface area contributed by atoms with Gasteiger partial charge >= 0.3 is 5.97 Å². The number of hydrogen-bond donors (Lipinski definition) is 2. The first-order valence-corrected chi connectivity index (χ1v) is 10.5. The van der Waals surface area contributed by atoms with Gasteiger partial charge in [0.05, 0.1) is 6.10 Å². The van der Waals surface area contributed by atoms with Crippen molar-refractivity contribution in [3.8, 4) is 0 Å². The molecule has 0 heterocycles. The minimum Gasteiger partial charge on any atom is -0.481 e. The molecule has 0 saturated carbocycles. The summed E-state index contributed by atoms with van der Waals surface area (Å²) in [6, 6.07) is 0. The van der Waals surface area contributed by atoms with Crippen molar-refractivity contribution in [2.24, 2.45) is 0 Å². The second-order valence-corrected chi connectivity index (χ2v) is 7.38. The van der Waals surface area contributed by atoms with E-state index in [4.69, 9.17) is 5.11 Å². The fourth-order valence-electron chi connectivity index (χ4n) is 2.34. The molecule has 3 nitrogen and oxygen atoms in total. The first-order valence-electron chi connectivity index (χ1n) is 9.31. The van der Waals surface area contributed by atoms with Crippen LogP contribution >= 0.6 is 11.8 Å². The monoisotopic (exact) mass is 344 g/mol. The lowest BCUT2D eigenvalue weighted by atomic mass is 10.1. The molecule has 0 aliphatic heterocycles. The maximum atomic E-state index is 10.4. The van der Waals surface area contributed by atoms with E-state index in [-0.39, 0.29) is 6.10 Å². The summed E-state index contributed by atoms with van der Waals surface area (Å²) in [6.45, 7) is 2.15. The minimum absolute atomic E-state index is 0.248. The Labute approximate surface area is 146 Å². The lowest BCUT2D eigenvalue weighted by molar-refractivity contribution is -0.137. The van der Waals surface area contributed by atoms with E-state index in [1.54, 1.807) is 0 Å². The van der Waals surface area contributed by atoms with Crippen LogP contribution < -0.4 is 0 Å². The molecule has 1 atom stereocenters. The van der Waals surface area contributed by atoms with E-state index in [2.05, 4.69) is 13.0 Å². The van der Waals surface area contributed by atoms with Crippen LogP contribution in [-0.4, -0.2) is 33.8 Å². The van der Waals surface area contributed by atoms with Crippen molar-refractivity contribution in [2.45, 2.75) is 90.1 Å². The quantitative estimate of drug-likeness (QED) is 0.273. The summed E-state index contributed by atoms with van der Waals surface area (Å²) in [7, 11) is 0. The average Bonchev–Trinajstić information content (AvgIpc) is 2.52. The van der Waals surface area contributed by atoms with Crippen LogP contribution in [0.15, 0.2) is 12.2 Å². The molecule has 2 N–H and O–H groups in total. The molecule has 0 aromatic carbocycles. The zero-order valence-electron chi connectivity index (χ0n) is 14.8. The van der Waals surface area contributed by atoms with Crippen LogP contribution in [0.2, 0.25) is 0 Å². The molecule has 0 bridgehead atoms. The fraction of sp³-hybridized carbons (Fsp3) is 0.842. The Morgan fingerprint density at radius 3 is 2.35 bits per heavy atom. The number of aliphatic hydroxyl groups is 1. The predicted molar refractivity (Wildman–Crippen MR) is 101 cm³/mol. The lowest BCUT2D eigenvalue weighted by Gasteiger charge is -2.03. The van der Waals surface area contributed by atoms with Crippen LogP contribution in [-0.2, 0) is 4.79 Å². The molecule has 0 rings (SSSR count).